The third-order valence-electron chi connectivity index (χ3n) is 3.96. The molecular formula is C17H18N2O5S2. The van der Waals surface area contributed by atoms with Crippen LogP contribution in [0.2, 0.25) is 0 Å². The van der Waals surface area contributed by atoms with Gasteiger partial charge >= 0.3 is 0 Å². The minimum atomic E-state index is -3.71. The lowest BCUT2D eigenvalue weighted by Gasteiger charge is -2.23. The highest BCUT2D eigenvalue weighted by molar-refractivity contribution is 8.01. The van der Waals surface area contributed by atoms with Gasteiger partial charge in [0.2, 0.25) is 10.0 Å². The van der Waals surface area contributed by atoms with Crippen LogP contribution in [0, 0.1) is 10.1 Å². The molecule has 138 valence electrons. The molecule has 1 heterocycles. The molecule has 0 amide bonds. The molecule has 0 radical (unpaired) electrons. The van der Waals surface area contributed by atoms with Crippen LogP contribution in [0.4, 0.5) is 5.69 Å². The highest BCUT2D eigenvalue weighted by Crippen LogP contribution is 2.42. The second-order valence-corrected chi connectivity index (χ2v) is 8.67. The van der Waals surface area contributed by atoms with Gasteiger partial charge in [0.15, 0.2) is 0 Å². The van der Waals surface area contributed by atoms with Crippen molar-refractivity contribution in [2.75, 3.05) is 18.9 Å². The number of non-ortho nitro benzene ring substituents is 1. The van der Waals surface area contributed by atoms with Crippen LogP contribution in [0.1, 0.15) is 17.9 Å². The van der Waals surface area contributed by atoms with E-state index >= 15 is 0 Å². The normalized spacial score (nSPS) is 18.0. The van der Waals surface area contributed by atoms with Crippen molar-refractivity contribution in [2.45, 2.75) is 17.2 Å². The number of nitro groups is 1. The molecular weight excluding hydrogens is 376 g/mol. The zero-order chi connectivity index (χ0) is 18.7. The lowest BCUT2D eigenvalue weighted by Crippen LogP contribution is -2.30. The topological polar surface area (TPSA) is 89.8 Å². The molecule has 0 saturated carbocycles. The zero-order valence-corrected chi connectivity index (χ0v) is 15.7. The number of nitro benzene ring substituents is 1. The van der Waals surface area contributed by atoms with Gasteiger partial charge in [0.25, 0.3) is 5.69 Å². The summed E-state index contributed by atoms with van der Waals surface area (Å²) in [4.78, 5) is 10.7. The Morgan fingerprint density at radius 3 is 2.65 bits per heavy atom. The number of benzene rings is 2. The molecule has 7 nitrogen and oxygen atoms in total. The maximum Gasteiger partial charge on any atom is 0.269 e. The van der Waals surface area contributed by atoms with E-state index in [0.717, 1.165) is 0 Å². The largest absolute Gasteiger partial charge is 0.494 e. The lowest BCUT2D eigenvalue weighted by molar-refractivity contribution is -0.384. The average molecular weight is 394 g/mol. The van der Waals surface area contributed by atoms with Crippen molar-refractivity contribution in [3.05, 3.63) is 64.2 Å². The van der Waals surface area contributed by atoms with Crippen LogP contribution in [0.25, 0.3) is 0 Å². The number of hydrogen-bond acceptors (Lipinski definition) is 6. The van der Waals surface area contributed by atoms with Crippen molar-refractivity contribution in [3.8, 4) is 5.75 Å². The molecule has 0 bridgehead atoms. The van der Waals surface area contributed by atoms with E-state index in [2.05, 4.69) is 0 Å². The second-order valence-electron chi connectivity index (χ2n) is 5.60. The van der Waals surface area contributed by atoms with Gasteiger partial charge in [-0.1, -0.05) is 12.1 Å². The monoisotopic (exact) mass is 394 g/mol. The van der Waals surface area contributed by atoms with Crippen molar-refractivity contribution in [1.82, 2.24) is 4.31 Å². The van der Waals surface area contributed by atoms with E-state index in [9.17, 15) is 18.5 Å². The Kier molecular flexibility index (Phi) is 5.49. The Labute approximate surface area is 156 Å². The van der Waals surface area contributed by atoms with E-state index in [-0.39, 0.29) is 10.6 Å². The van der Waals surface area contributed by atoms with Crippen LogP contribution in [-0.2, 0) is 10.0 Å². The number of ether oxygens (including phenoxy) is 1. The fraction of sp³-hybridized carbons (Fsp3) is 0.294. The van der Waals surface area contributed by atoms with Crippen LogP contribution < -0.4 is 4.74 Å². The van der Waals surface area contributed by atoms with Crippen molar-refractivity contribution in [2.24, 2.45) is 0 Å². The first-order valence-corrected chi connectivity index (χ1v) is 10.5. The molecule has 3 rings (SSSR count). The smallest absolute Gasteiger partial charge is 0.269 e. The first kappa shape index (κ1) is 18.7. The molecule has 0 N–H and O–H groups in total. The molecule has 0 aliphatic carbocycles. The summed E-state index contributed by atoms with van der Waals surface area (Å²) in [5.41, 5.74) is 0.560. The standard InChI is InChI=1S/C17H18N2O5S2/c1-2-24-15-6-8-16(9-7-15)26(22,23)18-10-11-25-17(18)13-4-3-5-14(12-13)19(20)21/h3-9,12,17H,2,10-11H2,1H3. The molecule has 2 aromatic carbocycles. The van der Waals surface area contributed by atoms with Crippen molar-refractivity contribution in [1.29, 1.82) is 0 Å². The molecule has 1 atom stereocenters. The zero-order valence-electron chi connectivity index (χ0n) is 14.1. The number of nitrogens with zero attached hydrogens (tertiary/aromatic N) is 2. The number of thioether (sulfide) groups is 1. The van der Waals surface area contributed by atoms with E-state index in [4.69, 9.17) is 4.74 Å². The first-order chi connectivity index (χ1) is 12.4. The molecule has 2 aromatic rings. The van der Waals surface area contributed by atoms with Crippen LogP contribution in [0.3, 0.4) is 0 Å². The highest BCUT2D eigenvalue weighted by atomic mass is 32.2. The van der Waals surface area contributed by atoms with E-state index < -0.39 is 20.3 Å². The summed E-state index contributed by atoms with van der Waals surface area (Å²) < 4.78 is 32.8. The van der Waals surface area contributed by atoms with Gasteiger partial charge in [-0.25, -0.2) is 8.42 Å². The molecule has 1 aliphatic rings. The summed E-state index contributed by atoms with van der Waals surface area (Å²) >= 11 is 1.46. The lowest BCUT2D eigenvalue weighted by atomic mass is 10.2. The summed E-state index contributed by atoms with van der Waals surface area (Å²) in [6, 6.07) is 12.4. The SMILES string of the molecule is CCOc1ccc(S(=O)(=O)N2CCSC2c2cccc([N+](=O)[O-])c2)cc1. The van der Waals surface area contributed by atoms with Gasteiger partial charge < -0.3 is 4.74 Å². The number of hydrogen-bond donors (Lipinski definition) is 0. The number of sulfonamides is 1. The molecule has 0 aromatic heterocycles. The summed E-state index contributed by atoms with van der Waals surface area (Å²) in [7, 11) is -3.71. The third-order valence-corrected chi connectivity index (χ3v) is 7.23. The molecule has 1 fully saturated rings. The van der Waals surface area contributed by atoms with Crippen molar-refractivity contribution in [3.63, 3.8) is 0 Å². The Balaban J connectivity index is 1.91. The third kappa shape index (κ3) is 3.69. The summed E-state index contributed by atoms with van der Waals surface area (Å²) in [6.07, 6.45) is 0. The maximum absolute atomic E-state index is 13.0. The molecule has 1 saturated heterocycles. The minimum Gasteiger partial charge on any atom is -0.494 e. The van der Waals surface area contributed by atoms with Crippen LogP contribution in [0.15, 0.2) is 53.4 Å². The first-order valence-electron chi connectivity index (χ1n) is 8.04. The fourth-order valence-corrected chi connectivity index (χ4v) is 6.00. The molecule has 1 unspecified atom stereocenters. The molecule has 0 spiro atoms. The van der Waals surface area contributed by atoms with Crippen LogP contribution in [-0.4, -0.2) is 36.6 Å². The quantitative estimate of drug-likeness (QED) is 0.551. The number of rotatable bonds is 6. The summed E-state index contributed by atoms with van der Waals surface area (Å²) in [6.45, 7) is 2.72. The minimum absolute atomic E-state index is 0.0478. The van der Waals surface area contributed by atoms with E-state index in [1.807, 2.05) is 6.92 Å². The Morgan fingerprint density at radius 1 is 1.27 bits per heavy atom. The van der Waals surface area contributed by atoms with Gasteiger partial charge in [-0.15, -0.1) is 11.8 Å². The molecule has 9 heteroatoms. The highest BCUT2D eigenvalue weighted by Gasteiger charge is 2.37. The summed E-state index contributed by atoms with van der Waals surface area (Å²) in [5, 5.41) is 10.5. The Morgan fingerprint density at radius 2 is 2.00 bits per heavy atom. The average Bonchev–Trinajstić information content (AvgIpc) is 3.13. The fourth-order valence-electron chi connectivity index (χ4n) is 2.77. The summed E-state index contributed by atoms with van der Waals surface area (Å²) in [5.74, 6) is 1.24. The predicted molar refractivity (Wildman–Crippen MR) is 99.8 cm³/mol. The van der Waals surface area contributed by atoms with Crippen LogP contribution in [0.5, 0.6) is 5.75 Å². The van der Waals surface area contributed by atoms with E-state index in [1.165, 1.54) is 40.3 Å². The van der Waals surface area contributed by atoms with E-state index in [1.54, 1.807) is 24.3 Å². The maximum atomic E-state index is 13.0. The van der Waals surface area contributed by atoms with Gasteiger partial charge in [0.05, 0.1) is 21.8 Å². The molecule has 26 heavy (non-hydrogen) atoms. The van der Waals surface area contributed by atoms with Crippen molar-refractivity contribution >= 4 is 27.5 Å². The van der Waals surface area contributed by atoms with Crippen molar-refractivity contribution < 1.29 is 18.1 Å². The van der Waals surface area contributed by atoms with Crippen LogP contribution >= 0.6 is 11.8 Å². The van der Waals surface area contributed by atoms with Gasteiger partial charge in [-0.3, -0.25) is 10.1 Å². The van der Waals surface area contributed by atoms with Gasteiger partial charge in [0.1, 0.15) is 5.75 Å². The van der Waals surface area contributed by atoms with Gasteiger partial charge in [-0.2, -0.15) is 4.31 Å². The van der Waals surface area contributed by atoms with Gasteiger partial charge in [-0.05, 0) is 36.8 Å². The predicted octanol–water partition coefficient (Wildman–Crippen LogP) is 3.43. The van der Waals surface area contributed by atoms with Gasteiger partial charge in [0, 0.05) is 24.4 Å². The Bertz CT molecular complexity index is 900. The molecule has 1 aliphatic heterocycles. The second kappa shape index (κ2) is 7.65. The van der Waals surface area contributed by atoms with E-state index in [0.29, 0.717) is 30.2 Å². The Hall–Kier alpha value is -2.10.